The van der Waals surface area contributed by atoms with Crippen LogP contribution in [0.4, 0.5) is 11.4 Å². The molecule has 5 aromatic rings. The Morgan fingerprint density at radius 2 is 1.00 bits per heavy atom. The molecule has 0 aliphatic carbocycles. The molecule has 0 spiro atoms. The zero-order valence-corrected chi connectivity index (χ0v) is 19.0. The van der Waals surface area contributed by atoms with Crippen molar-refractivity contribution < 1.29 is 9.85 Å². The van der Waals surface area contributed by atoms with Gasteiger partial charge in [-0.1, -0.05) is 48.5 Å². The maximum atomic E-state index is 11.0. The maximum absolute atomic E-state index is 11.0. The van der Waals surface area contributed by atoms with Gasteiger partial charge in [0.15, 0.2) is 0 Å². The second-order valence-electron chi connectivity index (χ2n) is 7.27. The molecular formula is C24H14N4O4S2. The van der Waals surface area contributed by atoms with Crippen molar-refractivity contribution in [3.63, 3.8) is 0 Å². The van der Waals surface area contributed by atoms with E-state index in [1.165, 1.54) is 46.9 Å². The molecule has 8 nitrogen and oxygen atoms in total. The molecule has 0 aliphatic heterocycles. The van der Waals surface area contributed by atoms with E-state index in [-0.39, 0.29) is 11.4 Å². The molecule has 0 bridgehead atoms. The van der Waals surface area contributed by atoms with Crippen molar-refractivity contribution in [2.24, 2.45) is 0 Å². The molecule has 0 atom stereocenters. The highest BCUT2D eigenvalue weighted by molar-refractivity contribution is 7.13. The number of rotatable bonds is 6. The quantitative estimate of drug-likeness (QED) is 0.187. The van der Waals surface area contributed by atoms with E-state index in [2.05, 4.69) is 9.97 Å². The van der Waals surface area contributed by atoms with Gasteiger partial charge in [0.25, 0.3) is 11.4 Å². The monoisotopic (exact) mass is 486 g/mol. The minimum Gasteiger partial charge on any atom is -0.258 e. The van der Waals surface area contributed by atoms with E-state index in [1.54, 1.807) is 24.3 Å². The van der Waals surface area contributed by atoms with Gasteiger partial charge in [-0.3, -0.25) is 20.2 Å². The molecule has 2 aromatic heterocycles. The minimum absolute atomic E-state index is 0.0318. The number of nitro benzene ring substituents is 2. The summed E-state index contributed by atoms with van der Waals surface area (Å²) in [6.07, 6.45) is 0. The van der Waals surface area contributed by atoms with Crippen molar-refractivity contribution in [3.8, 4) is 43.7 Å². The van der Waals surface area contributed by atoms with Crippen LogP contribution >= 0.6 is 22.7 Å². The highest BCUT2D eigenvalue weighted by Gasteiger charge is 2.13. The number of hydrogen-bond donors (Lipinski definition) is 0. The van der Waals surface area contributed by atoms with E-state index in [4.69, 9.17) is 0 Å². The van der Waals surface area contributed by atoms with Crippen molar-refractivity contribution in [2.45, 2.75) is 0 Å². The second kappa shape index (κ2) is 8.93. The van der Waals surface area contributed by atoms with Crippen LogP contribution in [0.5, 0.6) is 0 Å². The Labute approximate surface area is 201 Å². The van der Waals surface area contributed by atoms with Crippen molar-refractivity contribution >= 4 is 34.0 Å². The third-order valence-electron chi connectivity index (χ3n) is 5.09. The summed E-state index contributed by atoms with van der Waals surface area (Å²) in [7, 11) is 0. The zero-order chi connectivity index (χ0) is 23.7. The lowest BCUT2D eigenvalue weighted by molar-refractivity contribution is -0.385. The average Bonchev–Trinajstić information content (AvgIpc) is 3.55. The first-order chi connectivity index (χ1) is 16.5. The Morgan fingerprint density at radius 3 is 1.38 bits per heavy atom. The lowest BCUT2D eigenvalue weighted by Crippen LogP contribution is -1.88. The van der Waals surface area contributed by atoms with Gasteiger partial charge in [0.1, 0.15) is 10.0 Å². The van der Waals surface area contributed by atoms with E-state index in [1.807, 2.05) is 35.0 Å². The topological polar surface area (TPSA) is 112 Å². The van der Waals surface area contributed by atoms with Crippen molar-refractivity contribution in [2.75, 3.05) is 0 Å². The lowest BCUT2D eigenvalue weighted by Gasteiger charge is -2.00. The van der Waals surface area contributed by atoms with Gasteiger partial charge >= 0.3 is 0 Å². The summed E-state index contributed by atoms with van der Waals surface area (Å²) in [5.74, 6) is 0. The van der Waals surface area contributed by atoms with E-state index < -0.39 is 9.85 Å². The zero-order valence-electron chi connectivity index (χ0n) is 17.3. The van der Waals surface area contributed by atoms with E-state index in [0.29, 0.717) is 22.5 Å². The van der Waals surface area contributed by atoms with Gasteiger partial charge < -0.3 is 0 Å². The molecule has 10 heteroatoms. The summed E-state index contributed by atoms with van der Waals surface area (Å²) < 4.78 is 0. The van der Waals surface area contributed by atoms with Crippen molar-refractivity contribution in [1.82, 2.24) is 9.97 Å². The van der Waals surface area contributed by atoms with Crippen LogP contribution in [0.15, 0.2) is 83.6 Å². The smallest absolute Gasteiger partial charge is 0.258 e. The van der Waals surface area contributed by atoms with Crippen LogP contribution in [0.2, 0.25) is 0 Å². The molecule has 0 amide bonds. The molecule has 34 heavy (non-hydrogen) atoms. The highest BCUT2D eigenvalue weighted by Crippen LogP contribution is 2.34. The number of aromatic nitrogens is 2. The van der Waals surface area contributed by atoms with E-state index in [0.717, 1.165) is 21.1 Å². The van der Waals surface area contributed by atoms with Gasteiger partial charge in [-0.2, -0.15) is 0 Å². The first-order valence-electron chi connectivity index (χ1n) is 9.99. The fourth-order valence-corrected chi connectivity index (χ4v) is 5.06. The molecule has 0 aliphatic rings. The van der Waals surface area contributed by atoms with E-state index >= 15 is 0 Å². The van der Waals surface area contributed by atoms with Crippen LogP contribution < -0.4 is 0 Å². The Kier molecular flexibility index (Phi) is 5.66. The average molecular weight is 487 g/mol. The molecule has 0 radical (unpaired) electrons. The molecule has 2 heterocycles. The van der Waals surface area contributed by atoms with Crippen LogP contribution in [0.1, 0.15) is 0 Å². The second-order valence-corrected chi connectivity index (χ2v) is 8.98. The first kappa shape index (κ1) is 21.6. The van der Waals surface area contributed by atoms with Gasteiger partial charge in [0.05, 0.1) is 21.2 Å². The third-order valence-corrected chi connectivity index (χ3v) is 6.88. The van der Waals surface area contributed by atoms with Crippen LogP contribution in [-0.4, -0.2) is 19.8 Å². The Bertz CT molecular complexity index is 1410. The summed E-state index contributed by atoms with van der Waals surface area (Å²) >= 11 is 2.94. The largest absolute Gasteiger partial charge is 0.270 e. The summed E-state index contributed by atoms with van der Waals surface area (Å²) in [6.45, 7) is 0. The molecule has 0 saturated heterocycles. The summed E-state index contributed by atoms with van der Waals surface area (Å²) in [6, 6.07) is 20.7. The Hall–Kier alpha value is -4.28. The lowest BCUT2D eigenvalue weighted by atomic mass is 10.1. The fraction of sp³-hybridized carbons (Fsp3) is 0. The van der Waals surface area contributed by atoms with Gasteiger partial charge in [-0.25, -0.2) is 9.97 Å². The van der Waals surface area contributed by atoms with Gasteiger partial charge in [0.2, 0.25) is 0 Å². The van der Waals surface area contributed by atoms with Gasteiger partial charge in [-0.15, -0.1) is 22.7 Å². The number of thiazole rings is 2. The number of nitro groups is 2. The summed E-state index contributed by atoms with van der Waals surface area (Å²) in [5.41, 5.74) is 4.70. The maximum Gasteiger partial charge on any atom is 0.270 e. The van der Waals surface area contributed by atoms with Crippen molar-refractivity contribution in [1.29, 1.82) is 0 Å². The number of nitrogens with zero attached hydrogens (tertiary/aromatic N) is 4. The SMILES string of the molecule is O=[N+]([O-])c1cccc(-c2csc(-c3ccc(-c4nc(-c5cccc([N+](=O)[O-])c5)cs4)cc3)n2)c1. The third kappa shape index (κ3) is 4.32. The molecule has 0 N–H and O–H groups in total. The molecule has 3 aromatic carbocycles. The van der Waals surface area contributed by atoms with Gasteiger partial charge in [0, 0.05) is 57.3 Å². The molecule has 0 saturated carbocycles. The standard InChI is InChI=1S/C24H14N4O4S2/c29-27(30)19-5-1-3-17(11-19)21-13-33-23(25-21)15-7-9-16(10-8-15)24-26-22(14-34-24)18-4-2-6-20(12-18)28(31)32/h1-14H. The molecule has 166 valence electrons. The number of benzene rings is 3. The highest BCUT2D eigenvalue weighted by atomic mass is 32.1. The van der Waals surface area contributed by atoms with Crippen LogP contribution in [0.25, 0.3) is 43.7 Å². The normalized spacial score (nSPS) is 10.8. The summed E-state index contributed by atoms with van der Waals surface area (Å²) in [5, 5.41) is 27.5. The molecule has 0 fully saturated rings. The predicted octanol–water partition coefficient (Wildman–Crippen LogP) is 7.08. The first-order valence-corrected chi connectivity index (χ1v) is 11.8. The Morgan fingerprint density at radius 1 is 0.588 bits per heavy atom. The van der Waals surface area contributed by atoms with E-state index in [9.17, 15) is 20.2 Å². The minimum atomic E-state index is -0.418. The van der Waals surface area contributed by atoms with Crippen LogP contribution in [-0.2, 0) is 0 Å². The van der Waals surface area contributed by atoms with Crippen LogP contribution in [0.3, 0.4) is 0 Å². The van der Waals surface area contributed by atoms with Gasteiger partial charge in [-0.05, 0) is 0 Å². The Balaban J connectivity index is 1.37. The fourth-order valence-electron chi connectivity index (χ4n) is 3.39. The number of non-ortho nitro benzene ring substituents is 2. The molecular weight excluding hydrogens is 472 g/mol. The van der Waals surface area contributed by atoms with Crippen molar-refractivity contribution in [3.05, 3.63) is 104 Å². The van der Waals surface area contributed by atoms with Crippen LogP contribution in [0, 0.1) is 20.2 Å². The summed E-state index contributed by atoms with van der Waals surface area (Å²) in [4.78, 5) is 30.5. The predicted molar refractivity (Wildman–Crippen MR) is 133 cm³/mol. The molecule has 5 rings (SSSR count). The molecule has 0 unspecified atom stereocenters. The number of hydrogen-bond acceptors (Lipinski definition) is 8.